The smallest absolute Gasteiger partial charge is 0.0561 e. The van der Waals surface area contributed by atoms with Crippen LogP contribution in [0.5, 0.6) is 0 Å². The van der Waals surface area contributed by atoms with Crippen LogP contribution in [0.2, 0.25) is 0 Å². The van der Waals surface area contributed by atoms with Crippen molar-refractivity contribution in [2.75, 3.05) is 6.61 Å². The van der Waals surface area contributed by atoms with E-state index in [0.29, 0.717) is 18.2 Å². The van der Waals surface area contributed by atoms with E-state index in [2.05, 4.69) is 59.4 Å². The number of halogens is 1. The van der Waals surface area contributed by atoms with Gasteiger partial charge in [0.1, 0.15) is 0 Å². The number of rotatable bonds is 3. The summed E-state index contributed by atoms with van der Waals surface area (Å²) in [4.78, 5) is 0. The molecule has 3 atom stereocenters. The lowest BCUT2D eigenvalue weighted by Crippen LogP contribution is -2.39. The highest BCUT2D eigenvalue weighted by molar-refractivity contribution is 9.10. The SMILES string of the molecule is CC1CC(N[C@H](C)c2cccc(Br)c2)CCO1. The molecule has 1 aromatic rings. The molecule has 2 nitrogen and oxygen atoms in total. The molecular weight excluding hydrogens is 278 g/mol. The van der Waals surface area contributed by atoms with Gasteiger partial charge >= 0.3 is 0 Å². The Balaban J connectivity index is 1.94. The highest BCUT2D eigenvalue weighted by Gasteiger charge is 2.20. The second kappa shape index (κ2) is 5.98. The van der Waals surface area contributed by atoms with Gasteiger partial charge in [-0.2, -0.15) is 0 Å². The van der Waals surface area contributed by atoms with Gasteiger partial charge in [-0.3, -0.25) is 0 Å². The number of ether oxygens (including phenoxy) is 1. The van der Waals surface area contributed by atoms with Crippen molar-refractivity contribution in [1.82, 2.24) is 5.32 Å². The van der Waals surface area contributed by atoms with Gasteiger partial charge in [0.2, 0.25) is 0 Å². The van der Waals surface area contributed by atoms with Crippen LogP contribution in [0.4, 0.5) is 0 Å². The van der Waals surface area contributed by atoms with E-state index in [-0.39, 0.29) is 0 Å². The van der Waals surface area contributed by atoms with Gasteiger partial charge < -0.3 is 10.1 Å². The van der Waals surface area contributed by atoms with Crippen LogP contribution < -0.4 is 5.32 Å². The Morgan fingerprint density at radius 2 is 2.29 bits per heavy atom. The normalized spacial score (nSPS) is 26.8. The highest BCUT2D eigenvalue weighted by atomic mass is 79.9. The van der Waals surface area contributed by atoms with Crippen LogP contribution in [0.3, 0.4) is 0 Å². The highest BCUT2D eigenvalue weighted by Crippen LogP contribution is 2.21. The summed E-state index contributed by atoms with van der Waals surface area (Å²) in [6, 6.07) is 9.47. The molecule has 0 spiro atoms. The van der Waals surface area contributed by atoms with Gasteiger partial charge in [0.25, 0.3) is 0 Å². The first-order valence-electron chi connectivity index (χ1n) is 6.28. The summed E-state index contributed by atoms with van der Waals surface area (Å²) in [5.74, 6) is 0. The van der Waals surface area contributed by atoms with E-state index in [1.807, 2.05) is 0 Å². The first kappa shape index (κ1) is 13.1. The van der Waals surface area contributed by atoms with Crippen LogP contribution in [0.1, 0.15) is 38.3 Å². The molecule has 94 valence electrons. The number of hydrogen-bond donors (Lipinski definition) is 1. The molecule has 1 heterocycles. The quantitative estimate of drug-likeness (QED) is 0.919. The molecule has 1 aromatic carbocycles. The van der Waals surface area contributed by atoms with Crippen LogP contribution in [-0.2, 0) is 4.74 Å². The van der Waals surface area contributed by atoms with E-state index < -0.39 is 0 Å². The molecule has 0 amide bonds. The second-order valence-electron chi connectivity index (χ2n) is 4.85. The van der Waals surface area contributed by atoms with Crippen molar-refractivity contribution in [3.63, 3.8) is 0 Å². The van der Waals surface area contributed by atoms with Gasteiger partial charge in [-0.25, -0.2) is 0 Å². The van der Waals surface area contributed by atoms with Gasteiger partial charge in [-0.1, -0.05) is 28.1 Å². The van der Waals surface area contributed by atoms with Crippen molar-refractivity contribution in [1.29, 1.82) is 0 Å². The Kier molecular flexibility index (Phi) is 4.60. The molecule has 0 bridgehead atoms. The van der Waals surface area contributed by atoms with Gasteiger partial charge in [0.15, 0.2) is 0 Å². The molecule has 1 N–H and O–H groups in total. The van der Waals surface area contributed by atoms with Crippen molar-refractivity contribution >= 4 is 15.9 Å². The predicted octanol–water partition coefficient (Wildman–Crippen LogP) is 3.67. The fourth-order valence-electron chi connectivity index (χ4n) is 2.38. The van der Waals surface area contributed by atoms with Crippen LogP contribution in [-0.4, -0.2) is 18.8 Å². The number of benzene rings is 1. The number of hydrogen-bond acceptors (Lipinski definition) is 2. The van der Waals surface area contributed by atoms with Crippen molar-refractivity contribution in [3.8, 4) is 0 Å². The Morgan fingerprint density at radius 3 is 3.00 bits per heavy atom. The molecule has 3 heteroatoms. The average molecular weight is 298 g/mol. The Hall–Kier alpha value is -0.380. The maximum absolute atomic E-state index is 5.57. The lowest BCUT2D eigenvalue weighted by Gasteiger charge is -2.30. The van der Waals surface area contributed by atoms with Crippen LogP contribution >= 0.6 is 15.9 Å². The van der Waals surface area contributed by atoms with Crippen LogP contribution in [0.25, 0.3) is 0 Å². The molecule has 1 fully saturated rings. The topological polar surface area (TPSA) is 21.3 Å². The zero-order chi connectivity index (χ0) is 12.3. The zero-order valence-electron chi connectivity index (χ0n) is 10.4. The molecule has 0 aromatic heterocycles. The van der Waals surface area contributed by atoms with Crippen molar-refractivity contribution < 1.29 is 4.74 Å². The van der Waals surface area contributed by atoms with Gasteiger partial charge in [-0.05, 0) is 44.4 Å². The van der Waals surface area contributed by atoms with Crippen molar-refractivity contribution in [3.05, 3.63) is 34.3 Å². The minimum atomic E-state index is 0.385. The second-order valence-corrected chi connectivity index (χ2v) is 5.76. The third kappa shape index (κ3) is 3.80. The maximum atomic E-state index is 5.57. The first-order chi connectivity index (χ1) is 8.15. The summed E-state index contributed by atoms with van der Waals surface area (Å²) < 4.78 is 6.71. The van der Waals surface area contributed by atoms with E-state index in [9.17, 15) is 0 Å². The Labute approximate surface area is 112 Å². The molecule has 0 aliphatic carbocycles. The summed E-state index contributed by atoms with van der Waals surface area (Å²) in [5.41, 5.74) is 1.33. The minimum Gasteiger partial charge on any atom is -0.378 e. The zero-order valence-corrected chi connectivity index (χ0v) is 12.0. The average Bonchev–Trinajstić information content (AvgIpc) is 2.29. The van der Waals surface area contributed by atoms with E-state index in [0.717, 1.165) is 23.9 Å². The molecule has 0 radical (unpaired) electrons. The molecule has 2 rings (SSSR count). The lowest BCUT2D eigenvalue weighted by atomic mass is 10.0. The van der Waals surface area contributed by atoms with Crippen LogP contribution in [0, 0.1) is 0 Å². The van der Waals surface area contributed by atoms with E-state index in [4.69, 9.17) is 4.74 Å². The lowest BCUT2D eigenvalue weighted by molar-refractivity contribution is 0.0116. The fourth-order valence-corrected chi connectivity index (χ4v) is 2.79. The minimum absolute atomic E-state index is 0.385. The molecule has 1 aliphatic rings. The third-order valence-electron chi connectivity index (χ3n) is 3.32. The van der Waals surface area contributed by atoms with Gasteiger partial charge in [-0.15, -0.1) is 0 Å². The Bertz CT molecular complexity index is 369. The molecular formula is C14H20BrNO. The van der Waals surface area contributed by atoms with E-state index >= 15 is 0 Å². The maximum Gasteiger partial charge on any atom is 0.0561 e. The van der Waals surface area contributed by atoms with Crippen LogP contribution in [0.15, 0.2) is 28.7 Å². The third-order valence-corrected chi connectivity index (χ3v) is 3.81. The summed E-state index contributed by atoms with van der Waals surface area (Å²) >= 11 is 3.52. The molecule has 1 aliphatic heterocycles. The molecule has 1 saturated heterocycles. The van der Waals surface area contributed by atoms with E-state index in [1.54, 1.807) is 0 Å². The molecule has 0 saturated carbocycles. The number of nitrogens with one attached hydrogen (secondary N) is 1. The summed E-state index contributed by atoms with van der Waals surface area (Å²) in [5, 5.41) is 3.69. The predicted molar refractivity (Wildman–Crippen MR) is 74.1 cm³/mol. The first-order valence-corrected chi connectivity index (χ1v) is 7.07. The largest absolute Gasteiger partial charge is 0.378 e. The molecule has 17 heavy (non-hydrogen) atoms. The fraction of sp³-hybridized carbons (Fsp3) is 0.571. The molecule has 2 unspecified atom stereocenters. The van der Waals surface area contributed by atoms with Crippen molar-refractivity contribution in [2.45, 2.75) is 44.9 Å². The van der Waals surface area contributed by atoms with Gasteiger partial charge in [0, 0.05) is 23.2 Å². The van der Waals surface area contributed by atoms with Crippen molar-refractivity contribution in [2.24, 2.45) is 0 Å². The van der Waals surface area contributed by atoms with Gasteiger partial charge in [0.05, 0.1) is 6.10 Å². The summed E-state index contributed by atoms with van der Waals surface area (Å²) in [6.45, 7) is 5.25. The summed E-state index contributed by atoms with van der Waals surface area (Å²) in [6.07, 6.45) is 2.61. The standard InChI is InChI=1S/C14H20BrNO/c1-10-8-14(6-7-17-10)16-11(2)12-4-3-5-13(15)9-12/h3-5,9-11,14,16H,6-8H2,1-2H3/t10?,11-,14?/m1/s1. The summed E-state index contributed by atoms with van der Waals surface area (Å²) in [7, 11) is 0. The van der Waals surface area contributed by atoms with E-state index in [1.165, 1.54) is 5.56 Å². The Morgan fingerprint density at radius 1 is 1.47 bits per heavy atom. The monoisotopic (exact) mass is 297 g/mol.